The molecule has 2 aliphatic heterocycles. The van der Waals surface area contributed by atoms with Gasteiger partial charge in [0.1, 0.15) is 17.3 Å². The maximum atomic E-state index is 6.38. The summed E-state index contributed by atoms with van der Waals surface area (Å²) in [6, 6.07) is 33.1. The van der Waals surface area contributed by atoms with Gasteiger partial charge in [-0.1, -0.05) is 81.8 Å². The Hall–Kier alpha value is -4.42. The van der Waals surface area contributed by atoms with Crippen molar-refractivity contribution in [2.45, 2.75) is 90.8 Å². The number of imidazole rings is 1. The smallest absolute Gasteiger partial charge is 0.141 e. The predicted octanol–water partition coefficient (Wildman–Crippen LogP) is 10.2. The van der Waals surface area contributed by atoms with Crippen molar-refractivity contribution in [3.8, 4) is 22.9 Å². The predicted molar refractivity (Wildman–Crippen MR) is 200 cm³/mol. The number of benzene rings is 4. The summed E-state index contributed by atoms with van der Waals surface area (Å²) in [7, 11) is 0. The van der Waals surface area contributed by atoms with Crippen molar-refractivity contribution in [1.29, 1.82) is 0 Å². The van der Waals surface area contributed by atoms with E-state index in [1.165, 1.54) is 30.4 Å². The zero-order valence-corrected chi connectivity index (χ0v) is 29.2. The number of anilines is 1. The molecule has 7 rings (SSSR count). The SMILES string of the molecule is CC1CCCC(C)N1CCCn1c(-c2cccc(Oc3ccc(C(C)(C)C)cc3)c2)nc2cc3c(cc21)N=C(Cc1ccccc1)CN3. The molecule has 0 amide bonds. The number of hydrogen-bond donors (Lipinski definition) is 1. The first kappa shape index (κ1) is 32.1. The van der Waals surface area contributed by atoms with Gasteiger partial charge >= 0.3 is 0 Å². The molecule has 0 bridgehead atoms. The van der Waals surface area contributed by atoms with Crippen molar-refractivity contribution in [2.24, 2.45) is 4.99 Å². The van der Waals surface area contributed by atoms with Crippen LogP contribution in [-0.2, 0) is 18.4 Å². The van der Waals surface area contributed by atoms with Crippen LogP contribution in [0.25, 0.3) is 22.4 Å². The molecule has 248 valence electrons. The summed E-state index contributed by atoms with van der Waals surface area (Å²) in [6.07, 6.45) is 5.81. The van der Waals surface area contributed by atoms with Gasteiger partial charge in [-0.2, -0.15) is 0 Å². The van der Waals surface area contributed by atoms with Gasteiger partial charge in [0.2, 0.25) is 0 Å². The molecule has 6 heteroatoms. The third kappa shape index (κ3) is 7.05. The second-order valence-electron chi connectivity index (χ2n) is 14.8. The van der Waals surface area contributed by atoms with Gasteiger partial charge in [0.15, 0.2) is 0 Å². The Balaban J connectivity index is 1.21. The topological polar surface area (TPSA) is 54.7 Å². The number of fused-ring (bicyclic) bond motifs is 2. The Morgan fingerprint density at radius 3 is 2.35 bits per heavy atom. The molecule has 1 aromatic heterocycles. The van der Waals surface area contributed by atoms with Crippen LogP contribution in [0.5, 0.6) is 11.5 Å². The highest BCUT2D eigenvalue weighted by atomic mass is 16.5. The number of hydrogen-bond acceptors (Lipinski definition) is 5. The van der Waals surface area contributed by atoms with Crippen LogP contribution in [0, 0.1) is 0 Å². The molecule has 3 heterocycles. The van der Waals surface area contributed by atoms with E-state index in [2.05, 4.69) is 134 Å². The summed E-state index contributed by atoms with van der Waals surface area (Å²) in [5, 5.41) is 3.63. The number of aliphatic imine (C=N–C) groups is 1. The molecule has 6 nitrogen and oxygen atoms in total. The first-order valence-electron chi connectivity index (χ1n) is 17.7. The van der Waals surface area contributed by atoms with Crippen LogP contribution in [-0.4, -0.2) is 45.3 Å². The lowest BCUT2D eigenvalue weighted by Crippen LogP contribution is -2.44. The number of aromatic nitrogens is 2. The lowest BCUT2D eigenvalue weighted by molar-refractivity contribution is 0.101. The van der Waals surface area contributed by atoms with Crippen molar-refractivity contribution in [2.75, 3.05) is 18.4 Å². The zero-order valence-electron chi connectivity index (χ0n) is 29.2. The third-order valence-corrected chi connectivity index (χ3v) is 10.1. The van der Waals surface area contributed by atoms with E-state index in [4.69, 9.17) is 14.7 Å². The van der Waals surface area contributed by atoms with Crippen molar-refractivity contribution >= 4 is 28.1 Å². The molecule has 0 saturated carbocycles. The maximum absolute atomic E-state index is 6.38. The highest BCUT2D eigenvalue weighted by Crippen LogP contribution is 2.37. The van der Waals surface area contributed by atoms with E-state index in [0.29, 0.717) is 12.1 Å². The van der Waals surface area contributed by atoms with Crippen LogP contribution >= 0.6 is 0 Å². The van der Waals surface area contributed by atoms with E-state index in [0.717, 1.165) is 83.5 Å². The van der Waals surface area contributed by atoms with Crippen LogP contribution in [0.3, 0.4) is 0 Å². The van der Waals surface area contributed by atoms with Gasteiger partial charge in [-0.25, -0.2) is 4.98 Å². The van der Waals surface area contributed by atoms with Crippen LogP contribution in [0.4, 0.5) is 11.4 Å². The zero-order chi connectivity index (χ0) is 33.3. The molecule has 2 atom stereocenters. The van der Waals surface area contributed by atoms with Gasteiger partial charge in [-0.05, 0) is 86.1 Å². The summed E-state index contributed by atoms with van der Waals surface area (Å²) in [5.74, 6) is 2.61. The molecule has 2 aliphatic rings. The fraction of sp³-hybridized carbons (Fsp3) is 0.381. The first-order chi connectivity index (χ1) is 23.2. The van der Waals surface area contributed by atoms with Gasteiger partial charge in [0.05, 0.1) is 29.0 Å². The Bertz CT molecular complexity index is 1890. The first-order valence-corrected chi connectivity index (χ1v) is 17.7. The number of aryl methyl sites for hydroxylation is 1. The lowest BCUT2D eigenvalue weighted by atomic mass is 9.87. The van der Waals surface area contributed by atoms with Gasteiger partial charge in [-0.15, -0.1) is 0 Å². The van der Waals surface area contributed by atoms with Gasteiger partial charge in [-0.3, -0.25) is 9.89 Å². The molecular weight excluding hydrogens is 590 g/mol. The van der Waals surface area contributed by atoms with E-state index in [9.17, 15) is 0 Å². The molecule has 5 aromatic rings. The molecule has 0 spiro atoms. The van der Waals surface area contributed by atoms with Gasteiger partial charge < -0.3 is 14.6 Å². The molecular formula is C42H49N5O. The highest BCUT2D eigenvalue weighted by molar-refractivity contribution is 5.99. The molecule has 2 unspecified atom stereocenters. The summed E-state index contributed by atoms with van der Waals surface area (Å²) in [5.41, 5.74) is 9.01. The maximum Gasteiger partial charge on any atom is 0.141 e. The van der Waals surface area contributed by atoms with Crippen LogP contribution in [0.1, 0.15) is 71.4 Å². The highest BCUT2D eigenvalue weighted by Gasteiger charge is 2.25. The van der Waals surface area contributed by atoms with Gasteiger partial charge in [0, 0.05) is 42.9 Å². The Morgan fingerprint density at radius 1 is 0.833 bits per heavy atom. The van der Waals surface area contributed by atoms with Crippen molar-refractivity contribution in [3.63, 3.8) is 0 Å². The second-order valence-corrected chi connectivity index (χ2v) is 14.8. The molecule has 0 radical (unpaired) electrons. The van der Waals surface area contributed by atoms with E-state index in [1.807, 2.05) is 6.07 Å². The largest absolute Gasteiger partial charge is 0.457 e. The summed E-state index contributed by atoms with van der Waals surface area (Å²) in [6.45, 7) is 14.2. The molecule has 0 aliphatic carbocycles. The third-order valence-electron chi connectivity index (χ3n) is 10.1. The van der Waals surface area contributed by atoms with Crippen molar-refractivity contribution < 1.29 is 4.74 Å². The Labute approximate surface area is 285 Å². The van der Waals surface area contributed by atoms with E-state index in [-0.39, 0.29) is 5.41 Å². The standard InChI is InChI=1S/C42H49N5O/c1-29-12-9-13-30(2)46(29)22-11-23-47-40-27-38-37(43-28-34(44-38)24-31-14-7-6-8-15-31)26-39(40)45-41(47)32-16-10-17-36(25-32)48-35-20-18-33(19-21-35)42(3,4)5/h6-8,10,14-21,25-27,29-30,43H,9,11-13,22-24,28H2,1-5H3. The second kappa shape index (κ2) is 13.6. The fourth-order valence-electron chi connectivity index (χ4n) is 7.37. The molecule has 1 N–H and O–H groups in total. The fourth-order valence-corrected chi connectivity index (χ4v) is 7.37. The Morgan fingerprint density at radius 2 is 1.60 bits per heavy atom. The molecule has 1 saturated heterocycles. The Kier molecular flexibility index (Phi) is 9.11. The van der Waals surface area contributed by atoms with Crippen LogP contribution in [0.2, 0.25) is 0 Å². The van der Waals surface area contributed by atoms with Crippen molar-refractivity contribution in [3.05, 3.63) is 102 Å². The number of rotatable bonds is 9. The average molecular weight is 640 g/mol. The minimum Gasteiger partial charge on any atom is -0.457 e. The summed E-state index contributed by atoms with van der Waals surface area (Å²) < 4.78 is 8.79. The molecule has 1 fully saturated rings. The number of ether oxygens (including phenoxy) is 1. The van der Waals surface area contributed by atoms with Crippen LogP contribution in [0.15, 0.2) is 96.0 Å². The number of nitrogens with zero attached hydrogens (tertiary/aromatic N) is 4. The van der Waals surface area contributed by atoms with E-state index < -0.39 is 0 Å². The normalized spacial score (nSPS) is 18.3. The van der Waals surface area contributed by atoms with E-state index in [1.54, 1.807) is 0 Å². The summed E-state index contributed by atoms with van der Waals surface area (Å²) in [4.78, 5) is 13.1. The summed E-state index contributed by atoms with van der Waals surface area (Å²) >= 11 is 0. The minimum atomic E-state index is 0.102. The van der Waals surface area contributed by atoms with E-state index >= 15 is 0 Å². The average Bonchev–Trinajstić information content (AvgIpc) is 3.42. The van der Waals surface area contributed by atoms with Crippen molar-refractivity contribution in [1.82, 2.24) is 14.5 Å². The monoisotopic (exact) mass is 639 g/mol. The molecule has 48 heavy (non-hydrogen) atoms. The number of likely N-dealkylation sites (tertiary alicyclic amines) is 1. The van der Waals surface area contributed by atoms with Crippen LogP contribution < -0.4 is 10.1 Å². The minimum absolute atomic E-state index is 0.102. The number of piperidine rings is 1. The number of nitrogens with one attached hydrogen (secondary N) is 1. The molecule has 4 aromatic carbocycles. The van der Waals surface area contributed by atoms with Gasteiger partial charge in [0.25, 0.3) is 0 Å². The quantitative estimate of drug-likeness (QED) is 0.174. The lowest BCUT2D eigenvalue weighted by Gasteiger charge is -2.39.